The summed E-state index contributed by atoms with van der Waals surface area (Å²) >= 11 is 1.89. The summed E-state index contributed by atoms with van der Waals surface area (Å²) < 4.78 is 5.36. The number of carbonyl (C=O) groups excluding carboxylic acids is 2. The molecular formula is C19H28ClN3O3S. The summed E-state index contributed by atoms with van der Waals surface area (Å²) in [5.41, 5.74) is 7.04. The van der Waals surface area contributed by atoms with Crippen LogP contribution in [-0.2, 0) is 20.7 Å². The molecule has 3 N–H and O–H groups in total. The molecule has 1 aromatic rings. The first kappa shape index (κ1) is 22.0. The largest absolute Gasteiger partial charge is 0.381 e. The summed E-state index contributed by atoms with van der Waals surface area (Å²) in [6.45, 7) is 3.13. The van der Waals surface area contributed by atoms with Crippen molar-refractivity contribution in [3.63, 3.8) is 0 Å². The lowest BCUT2D eigenvalue weighted by atomic mass is 9.79. The molecule has 27 heavy (non-hydrogen) atoms. The molecule has 2 aliphatic rings. The molecule has 0 aliphatic carbocycles. The van der Waals surface area contributed by atoms with Crippen LogP contribution >= 0.6 is 24.2 Å². The molecule has 2 saturated heterocycles. The molecule has 0 saturated carbocycles. The second-order valence-corrected chi connectivity index (χ2v) is 8.14. The highest BCUT2D eigenvalue weighted by molar-refractivity contribution is 7.99. The summed E-state index contributed by atoms with van der Waals surface area (Å²) in [5.74, 6) is 2.17. The third-order valence-electron chi connectivity index (χ3n) is 5.25. The van der Waals surface area contributed by atoms with E-state index in [1.54, 1.807) is 0 Å². The van der Waals surface area contributed by atoms with E-state index in [-0.39, 0.29) is 24.2 Å². The molecule has 0 aromatic heterocycles. The first-order valence-electron chi connectivity index (χ1n) is 9.17. The Balaban J connectivity index is 0.00000261. The number of amides is 2. The van der Waals surface area contributed by atoms with Gasteiger partial charge in [-0.1, -0.05) is 12.1 Å². The lowest BCUT2D eigenvalue weighted by Gasteiger charge is -2.34. The molecule has 3 rings (SSSR count). The second-order valence-electron chi connectivity index (χ2n) is 6.92. The molecule has 0 radical (unpaired) electrons. The maximum atomic E-state index is 12.7. The minimum Gasteiger partial charge on any atom is -0.381 e. The number of ether oxygens (including phenoxy) is 1. The predicted molar refractivity (Wildman–Crippen MR) is 111 cm³/mol. The van der Waals surface area contributed by atoms with Gasteiger partial charge >= 0.3 is 0 Å². The minimum atomic E-state index is -0.542. The van der Waals surface area contributed by atoms with E-state index in [4.69, 9.17) is 10.5 Å². The van der Waals surface area contributed by atoms with Crippen molar-refractivity contribution in [2.75, 3.05) is 49.7 Å². The zero-order chi connectivity index (χ0) is 18.4. The van der Waals surface area contributed by atoms with Crippen molar-refractivity contribution in [3.8, 4) is 0 Å². The molecular weight excluding hydrogens is 386 g/mol. The van der Waals surface area contributed by atoms with Gasteiger partial charge in [0, 0.05) is 50.0 Å². The topological polar surface area (TPSA) is 84.7 Å². The summed E-state index contributed by atoms with van der Waals surface area (Å²) in [4.78, 5) is 27.0. The van der Waals surface area contributed by atoms with Crippen molar-refractivity contribution in [1.82, 2.24) is 4.90 Å². The first-order chi connectivity index (χ1) is 12.6. The zero-order valence-corrected chi connectivity index (χ0v) is 17.1. The van der Waals surface area contributed by atoms with Gasteiger partial charge in [0.2, 0.25) is 11.8 Å². The first-order valence-corrected chi connectivity index (χ1v) is 10.3. The van der Waals surface area contributed by atoms with Crippen LogP contribution in [0, 0.1) is 5.41 Å². The Labute approximate surface area is 171 Å². The van der Waals surface area contributed by atoms with Crippen LogP contribution in [-0.4, -0.2) is 61.1 Å². The number of anilines is 1. The molecule has 8 heteroatoms. The number of rotatable bonds is 5. The van der Waals surface area contributed by atoms with Crippen molar-refractivity contribution in [1.29, 1.82) is 0 Å². The summed E-state index contributed by atoms with van der Waals surface area (Å²) in [6, 6.07) is 7.53. The van der Waals surface area contributed by atoms with Crippen LogP contribution in [0.2, 0.25) is 0 Å². The fraction of sp³-hybridized carbons (Fsp3) is 0.579. The number of hydrogen-bond acceptors (Lipinski definition) is 5. The average Bonchev–Trinajstić information content (AvgIpc) is 2.70. The van der Waals surface area contributed by atoms with Crippen LogP contribution in [0.3, 0.4) is 0 Å². The molecule has 1 aromatic carbocycles. The van der Waals surface area contributed by atoms with E-state index in [2.05, 4.69) is 5.32 Å². The number of nitrogens with one attached hydrogen (secondary N) is 1. The Morgan fingerprint density at radius 1 is 1.15 bits per heavy atom. The van der Waals surface area contributed by atoms with E-state index >= 15 is 0 Å². The smallest absolute Gasteiger partial charge is 0.232 e. The van der Waals surface area contributed by atoms with E-state index in [0.717, 1.165) is 35.8 Å². The number of nitrogens with two attached hydrogens (primary N) is 1. The van der Waals surface area contributed by atoms with Crippen LogP contribution in [0.25, 0.3) is 0 Å². The third kappa shape index (κ3) is 5.60. The van der Waals surface area contributed by atoms with Gasteiger partial charge in [-0.2, -0.15) is 11.8 Å². The molecule has 0 unspecified atom stereocenters. The number of hydrogen-bond donors (Lipinski definition) is 2. The van der Waals surface area contributed by atoms with Crippen LogP contribution in [0.5, 0.6) is 0 Å². The molecule has 0 spiro atoms. The number of thioether (sulfide) groups is 1. The van der Waals surface area contributed by atoms with E-state index in [1.165, 1.54) is 0 Å². The predicted octanol–water partition coefficient (Wildman–Crippen LogP) is 1.92. The summed E-state index contributed by atoms with van der Waals surface area (Å²) in [7, 11) is 0. The fourth-order valence-corrected chi connectivity index (χ4v) is 4.26. The fourth-order valence-electron chi connectivity index (χ4n) is 3.35. The highest BCUT2D eigenvalue weighted by Gasteiger charge is 2.38. The van der Waals surface area contributed by atoms with Gasteiger partial charge in [-0.05, 0) is 30.5 Å². The van der Waals surface area contributed by atoms with Gasteiger partial charge in [0.15, 0.2) is 0 Å². The Bertz CT molecular complexity index is 630. The maximum Gasteiger partial charge on any atom is 0.232 e. The summed E-state index contributed by atoms with van der Waals surface area (Å²) in [6.07, 6.45) is 1.70. The SMILES string of the molecule is Cl.NCC1(C(=O)Nc2ccc(CC(=O)N3CCSCC3)cc2)CCOCC1. The van der Waals surface area contributed by atoms with Gasteiger partial charge in [0.1, 0.15) is 0 Å². The van der Waals surface area contributed by atoms with E-state index in [1.807, 2.05) is 40.9 Å². The van der Waals surface area contributed by atoms with Gasteiger partial charge in [-0.3, -0.25) is 9.59 Å². The van der Waals surface area contributed by atoms with E-state index < -0.39 is 5.41 Å². The van der Waals surface area contributed by atoms with Crippen LogP contribution < -0.4 is 11.1 Å². The summed E-state index contributed by atoms with van der Waals surface area (Å²) in [5, 5.41) is 2.97. The van der Waals surface area contributed by atoms with Crippen LogP contribution in [0.1, 0.15) is 18.4 Å². The molecule has 0 atom stereocenters. The number of carbonyl (C=O) groups is 2. The number of nitrogens with zero attached hydrogens (tertiary/aromatic N) is 1. The normalized spacial score (nSPS) is 19.1. The van der Waals surface area contributed by atoms with Gasteiger partial charge in [0.05, 0.1) is 11.8 Å². The van der Waals surface area contributed by atoms with Crippen LogP contribution in [0.15, 0.2) is 24.3 Å². The number of benzene rings is 1. The zero-order valence-electron chi connectivity index (χ0n) is 15.4. The van der Waals surface area contributed by atoms with Crippen molar-refractivity contribution in [3.05, 3.63) is 29.8 Å². The van der Waals surface area contributed by atoms with Gasteiger partial charge < -0.3 is 20.7 Å². The van der Waals surface area contributed by atoms with Gasteiger partial charge in [0.25, 0.3) is 0 Å². The molecule has 6 nitrogen and oxygen atoms in total. The van der Waals surface area contributed by atoms with Crippen LogP contribution in [0.4, 0.5) is 5.69 Å². The molecule has 150 valence electrons. The molecule has 2 fully saturated rings. The average molecular weight is 414 g/mol. The Morgan fingerprint density at radius 2 is 1.78 bits per heavy atom. The minimum absolute atomic E-state index is 0. The Morgan fingerprint density at radius 3 is 2.37 bits per heavy atom. The van der Waals surface area contributed by atoms with Crippen molar-refractivity contribution in [2.45, 2.75) is 19.3 Å². The lowest BCUT2D eigenvalue weighted by Crippen LogP contribution is -2.46. The van der Waals surface area contributed by atoms with Crippen molar-refractivity contribution in [2.24, 2.45) is 11.1 Å². The standard InChI is InChI=1S/C19H27N3O3S.ClH/c20-14-19(5-9-25-10-6-19)18(24)21-16-3-1-15(2-4-16)13-17(23)22-7-11-26-12-8-22;/h1-4H,5-14,20H2,(H,21,24);1H. The second kappa shape index (κ2) is 10.3. The third-order valence-corrected chi connectivity index (χ3v) is 6.20. The van der Waals surface area contributed by atoms with Gasteiger partial charge in [-0.25, -0.2) is 0 Å². The van der Waals surface area contributed by atoms with Crippen molar-refractivity contribution >= 4 is 41.7 Å². The number of halogens is 1. The molecule has 0 bridgehead atoms. The van der Waals surface area contributed by atoms with E-state index in [0.29, 0.717) is 39.0 Å². The molecule has 2 aliphatic heterocycles. The van der Waals surface area contributed by atoms with E-state index in [9.17, 15) is 9.59 Å². The Hall–Kier alpha value is -1.28. The monoisotopic (exact) mass is 413 g/mol. The molecule has 2 heterocycles. The van der Waals surface area contributed by atoms with Crippen molar-refractivity contribution < 1.29 is 14.3 Å². The van der Waals surface area contributed by atoms with Gasteiger partial charge in [-0.15, -0.1) is 12.4 Å². The Kier molecular flexibility index (Phi) is 8.41. The lowest BCUT2D eigenvalue weighted by molar-refractivity contribution is -0.130. The highest BCUT2D eigenvalue weighted by Crippen LogP contribution is 2.31. The molecule has 2 amide bonds. The quantitative estimate of drug-likeness (QED) is 0.770. The maximum absolute atomic E-state index is 12.7. The highest BCUT2D eigenvalue weighted by atomic mass is 35.5.